The van der Waals surface area contributed by atoms with Gasteiger partial charge in [-0.1, -0.05) is 12.1 Å². The van der Waals surface area contributed by atoms with E-state index >= 15 is 0 Å². The van der Waals surface area contributed by atoms with Crippen molar-refractivity contribution < 1.29 is 13.2 Å². The number of aryl methyl sites for hydroxylation is 1. The lowest BCUT2D eigenvalue weighted by atomic mass is 9.90. The maximum atomic E-state index is 12.1. The summed E-state index contributed by atoms with van der Waals surface area (Å²) in [7, 11) is -3.13. The molecule has 1 aromatic carbocycles. The van der Waals surface area contributed by atoms with Gasteiger partial charge in [0.05, 0.1) is 4.90 Å². The Morgan fingerprint density at radius 1 is 1.19 bits per heavy atom. The molecule has 5 heteroatoms. The second-order valence-corrected chi connectivity index (χ2v) is 7.78. The molecule has 1 aliphatic rings. The van der Waals surface area contributed by atoms with Crippen LogP contribution in [-0.4, -0.2) is 33.5 Å². The van der Waals surface area contributed by atoms with Crippen LogP contribution in [0.3, 0.4) is 0 Å². The van der Waals surface area contributed by atoms with Crippen molar-refractivity contribution in [3.8, 4) is 0 Å². The van der Waals surface area contributed by atoms with E-state index in [2.05, 4.69) is 5.32 Å². The van der Waals surface area contributed by atoms with Crippen molar-refractivity contribution >= 4 is 15.6 Å². The molecule has 1 heterocycles. The maximum absolute atomic E-state index is 12.1. The summed E-state index contributed by atoms with van der Waals surface area (Å²) in [6.45, 7) is 1.90. The van der Waals surface area contributed by atoms with Crippen LogP contribution in [0, 0.1) is 5.92 Å². The molecular weight excluding hydrogens is 286 g/mol. The Hall–Kier alpha value is -1.20. The largest absolute Gasteiger partial charge is 0.317 e. The van der Waals surface area contributed by atoms with E-state index in [1.165, 1.54) is 6.26 Å². The Balaban J connectivity index is 1.79. The Morgan fingerprint density at radius 2 is 1.81 bits per heavy atom. The highest BCUT2D eigenvalue weighted by molar-refractivity contribution is 7.90. The minimum atomic E-state index is -3.13. The topological polar surface area (TPSA) is 63.2 Å². The van der Waals surface area contributed by atoms with E-state index in [0.29, 0.717) is 17.1 Å². The van der Waals surface area contributed by atoms with E-state index in [-0.39, 0.29) is 5.92 Å². The molecule has 2 rings (SSSR count). The SMILES string of the molecule is CS(=O)(=O)c1ccc(CCCC(=O)C2CCNCC2)cc1. The first-order valence-electron chi connectivity index (χ1n) is 7.49. The average Bonchev–Trinajstić information content (AvgIpc) is 2.47. The van der Waals surface area contributed by atoms with Crippen LogP contribution in [-0.2, 0) is 21.1 Å². The van der Waals surface area contributed by atoms with Crippen LogP contribution in [0.1, 0.15) is 31.2 Å². The highest BCUT2D eigenvalue weighted by Gasteiger charge is 2.20. The summed E-state index contributed by atoms with van der Waals surface area (Å²) in [6, 6.07) is 6.95. The van der Waals surface area contributed by atoms with Gasteiger partial charge in [0.25, 0.3) is 0 Å². The first kappa shape index (κ1) is 16.2. The van der Waals surface area contributed by atoms with Gasteiger partial charge in [0.1, 0.15) is 5.78 Å². The van der Waals surface area contributed by atoms with E-state index in [0.717, 1.165) is 44.3 Å². The van der Waals surface area contributed by atoms with Crippen LogP contribution in [0.2, 0.25) is 0 Å². The Morgan fingerprint density at radius 3 is 2.38 bits per heavy atom. The van der Waals surface area contributed by atoms with E-state index in [1.54, 1.807) is 12.1 Å². The lowest BCUT2D eigenvalue weighted by molar-refractivity contribution is -0.123. The van der Waals surface area contributed by atoms with Crippen LogP contribution in [0.4, 0.5) is 0 Å². The van der Waals surface area contributed by atoms with Crippen molar-refractivity contribution in [2.75, 3.05) is 19.3 Å². The molecule has 1 saturated heterocycles. The van der Waals surface area contributed by atoms with E-state index in [1.807, 2.05) is 12.1 Å². The average molecular weight is 309 g/mol. The zero-order chi connectivity index (χ0) is 15.3. The third-order valence-corrected chi connectivity index (χ3v) is 5.16. The van der Waals surface area contributed by atoms with Crippen molar-refractivity contribution in [2.45, 2.75) is 37.0 Å². The van der Waals surface area contributed by atoms with Crippen molar-refractivity contribution in [3.63, 3.8) is 0 Å². The Labute approximate surface area is 126 Å². The quantitative estimate of drug-likeness (QED) is 0.873. The van der Waals surface area contributed by atoms with Crippen molar-refractivity contribution in [1.82, 2.24) is 5.32 Å². The monoisotopic (exact) mass is 309 g/mol. The molecule has 0 atom stereocenters. The van der Waals surface area contributed by atoms with Crippen molar-refractivity contribution in [1.29, 1.82) is 0 Å². The fraction of sp³-hybridized carbons (Fsp3) is 0.562. The Kier molecular flexibility index (Phi) is 5.53. The van der Waals surface area contributed by atoms with Gasteiger partial charge in [-0.05, 0) is 56.5 Å². The molecule has 0 radical (unpaired) electrons. The van der Waals surface area contributed by atoms with Crippen LogP contribution >= 0.6 is 0 Å². The minimum absolute atomic E-state index is 0.235. The van der Waals surface area contributed by atoms with E-state index < -0.39 is 9.84 Å². The minimum Gasteiger partial charge on any atom is -0.317 e. The second-order valence-electron chi connectivity index (χ2n) is 5.76. The molecule has 0 unspecified atom stereocenters. The Bertz CT molecular complexity index is 572. The normalized spacial score (nSPS) is 16.8. The van der Waals surface area contributed by atoms with E-state index in [9.17, 15) is 13.2 Å². The summed E-state index contributed by atoms with van der Waals surface area (Å²) in [6.07, 6.45) is 5.41. The summed E-state index contributed by atoms with van der Waals surface area (Å²) in [5.41, 5.74) is 1.08. The molecule has 0 aromatic heterocycles. The van der Waals surface area contributed by atoms with Gasteiger partial charge in [0.15, 0.2) is 9.84 Å². The number of piperidine rings is 1. The highest BCUT2D eigenvalue weighted by atomic mass is 32.2. The van der Waals surface area contributed by atoms with Gasteiger partial charge in [0, 0.05) is 18.6 Å². The van der Waals surface area contributed by atoms with Crippen molar-refractivity contribution in [3.05, 3.63) is 29.8 Å². The molecule has 0 bridgehead atoms. The second kappa shape index (κ2) is 7.18. The van der Waals surface area contributed by atoms with Crippen LogP contribution in [0.5, 0.6) is 0 Å². The maximum Gasteiger partial charge on any atom is 0.175 e. The number of carbonyl (C=O) groups is 1. The van der Waals surface area contributed by atoms with Crippen LogP contribution < -0.4 is 5.32 Å². The zero-order valence-electron chi connectivity index (χ0n) is 12.5. The number of Topliss-reactive ketones (excluding diaryl/α,β-unsaturated/α-hetero) is 1. The molecule has 1 aliphatic heterocycles. The van der Waals surface area contributed by atoms with Crippen molar-refractivity contribution in [2.24, 2.45) is 5.92 Å². The zero-order valence-corrected chi connectivity index (χ0v) is 13.3. The number of nitrogens with one attached hydrogen (secondary N) is 1. The number of ketones is 1. The standard InChI is InChI=1S/C16H23NO3S/c1-21(19,20)15-7-5-13(6-8-15)3-2-4-16(18)14-9-11-17-12-10-14/h5-8,14,17H,2-4,9-12H2,1H3. The number of sulfone groups is 1. The molecule has 0 spiro atoms. The summed E-state index contributed by atoms with van der Waals surface area (Å²) < 4.78 is 22.7. The van der Waals surface area contributed by atoms with Crippen LogP contribution in [0.15, 0.2) is 29.2 Å². The fourth-order valence-electron chi connectivity index (χ4n) is 2.72. The van der Waals surface area contributed by atoms with Gasteiger partial charge >= 0.3 is 0 Å². The molecule has 0 aliphatic carbocycles. The molecule has 1 N–H and O–H groups in total. The first-order valence-corrected chi connectivity index (χ1v) is 9.38. The van der Waals surface area contributed by atoms with Crippen LogP contribution in [0.25, 0.3) is 0 Å². The first-order chi connectivity index (χ1) is 9.97. The number of carbonyl (C=O) groups excluding carboxylic acids is 1. The lowest BCUT2D eigenvalue weighted by Crippen LogP contribution is -2.31. The fourth-order valence-corrected chi connectivity index (χ4v) is 3.35. The molecule has 4 nitrogen and oxygen atoms in total. The van der Waals surface area contributed by atoms with Gasteiger partial charge in [-0.2, -0.15) is 0 Å². The number of rotatable bonds is 6. The predicted molar refractivity (Wildman–Crippen MR) is 83.1 cm³/mol. The third kappa shape index (κ3) is 4.93. The molecule has 0 saturated carbocycles. The lowest BCUT2D eigenvalue weighted by Gasteiger charge is -2.21. The number of hydrogen-bond donors (Lipinski definition) is 1. The molecule has 1 aromatic rings. The van der Waals surface area contributed by atoms with Gasteiger partial charge < -0.3 is 5.32 Å². The van der Waals surface area contributed by atoms with E-state index in [4.69, 9.17) is 0 Å². The van der Waals surface area contributed by atoms with Gasteiger partial charge in [0.2, 0.25) is 0 Å². The van der Waals surface area contributed by atoms with Gasteiger partial charge in [-0.25, -0.2) is 8.42 Å². The number of benzene rings is 1. The predicted octanol–water partition coefficient (Wildman–Crippen LogP) is 1.98. The molecule has 0 amide bonds. The summed E-state index contributed by atoms with van der Waals surface area (Å²) >= 11 is 0. The smallest absolute Gasteiger partial charge is 0.175 e. The molecular formula is C16H23NO3S. The summed E-state index contributed by atoms with van der Waals surface area (Å²) in [5, 5.41) is 3.27. The van der Waals surface area contributed by atoms with Gasteiger partial charge in [-0.3, -0.25) is 4.79 Å². The summed E-state index contributed by atoms with van der Waals surface area (Å²) in [5.74, 6) is 0.614. The molecule has 21 heavy (non-hydrogen) atoms. The van der Waals surface area contributed by atoms with Gasteiger partial charge in [-0.15, -0.1) is 0 Å². The third-order valence-electron chi connectivity index (χ3n) is 4.03. The summed E-state index contributed by atoms with van der Waals surface area (Å²) in [4.78, 5) is 12.4. The molecule has 116 valence electrons. The molecule has 1 fully saturated rings. The number of hydrogen-bond acceptors (Lipinski definition) is 4. The highest BCUT2D eigenvalue weighted by Crippen LogP contribution is 2.17.